The summed E-state index contributed by atoms with van der Waals surface area (Å²) in [6.07, 6.45) is 2.12. The minimum absolute atomic E-state index is 0.766. The molecule has 0 amide bonds. The molecule has 0 radical (unpaired) electrons. The Morgan fingerprint density at radius 1 is 0.938 bits per heavy atom. The van der Waals surface area contributed by atoms with E-state index in [1.165, 1.54) is 22.3 Å². The Morgan fingerprint density at radius 3 is 1.75 bits per heavy atom. The van der Waals surface area contributed by atoms with Crippen LogP contribution < -0.4 is 11.3 Å². The summed E-state index contributed by atoms with van der Waals surface area (Å²) < 4.78 is 0. The highest BCUT2D eigenvalue weighted by Gasteiger charge is 2.06. The number of allylic oxidation sites excluding steroid dienone is 6. The van der Waals surface area contributed by atoms with E-state index in [0.29, 0.717) is 0 Å². The number of nitrogens with one attached hydrogen (secondary N) is 1. The van der Waals surface area contributed by atoms with E-state index in [2.05, 4.69) is 52.7 Å². The number of nitrogens with two attached hydrogens (primary N) is 1. The van der Waals surface area contributed by atoms with Gasteiger partial charge in [-0.3, -0.25) is 5.84 Å². The molecule has 0 fully saturated rings. The molecule has 0 unspecified atom stereocenters. The number of rotatable bonds is 4. The third-order valence-electron chi connectivity index (χ3n) is 3.34. The first-order valence-corrected chi connectivity index (χ1v) is 5.51. The summed E-state index contributed by atoms with van der Waals surface area (Å²) >= 11 is 0. The van der Waals surface area contributed by atoms with Crippen LogP contribution in [0.25, 0.3) is 0 Å². The average molecular weight is 220 g/mol. The van der Waals surface area contributed by atoms with E-state index in [9.17, 15) is 0 Å². The van der Waals surface area contributed by atoms with Crippen molar-refractivity contribution in [1.29, 1.82) is 0 Å². The van der Waals surface area contributed by atoms with E-state index in [-0.39, 0.29) is 0 Å². The average Bonchev–Trinajstić information content (AvgIpc) is 2.32. The molecule has 90 valence electrons. The van der Waals surface area contributed by atoms with E-state index in [1.54, 1.807) is 0 Å². The van der Waals surface area contributed by atoms with E-state index in [4.69, 9.17) is 5.84 Å². The molecule has 3 N–H and O–H groups in total. The van der Waals surface area contributed by atoms with E-state index >= 15 is 0 Å². The fourth-order valence-electron chi connectivity index (χ4n) is 1.41. The standard InChI is InChI=1S/C14H24N2/c1-8-9(2)10(3)11(4)12(5)13(6)14(7)16-15/h8,16H,7,15H2,1-6H3/b9-8+,11-10+,13-12-. The van der Waals surface area contributed by atoms with Gasteiger partial charge < -0.3 is 5.43 Å². The first kappa shape index (κ1) is 14.7. The van der Waals surface area contributed by atoms with Crippen molar-refractivity contribution in [3.63, 3.8) is 0 Å². The van der Waals surface area contributed by atoms with Gasteiger partial charge in [0.15, 0.2) is 0 Å². The van der Waals surface area contributed by atoms with Gasteiger partial charge in [0, 0.05) is 5.70 Å². The highest BCUT2D eigenvalue weighted by Crippen LogP contribution is 2.23. The number of hydrazine groups is 1. The van der Waals surface area contributed by atoms with E-state index in [0.717, 1.165) is 11.3 Å². The summed E-state index contributed by atoms with van der Waals surface area (Å²) in [5, 5.41) is 0. The molecule has 0 aromatic rings. The van der Waals surface area contributed by atoms with Gasteiger partial charge in [-0.25, -0.2) is 0 Å². The predicted molar refractivity (Wildman–Crippen MR) is 72.6 cm³/mol. The SMILES string of the molecule is C=C(NN)\C(C)=C(C)/C(C)=C(C)/C(C)=C/C. The van der Waals surface area contributed by atoms with Gasteiger partial charge in [0.1, 0.15) is 0 Å². The highest BCUT2D eigenvalue weighted by atomic mass is 15.2. The molecule has 0 heterocycles. The normalized spacial score (nSPS) is 15.3. The van der Waals surface area contributed by atoms with Gasteiger partial charge in [0.2, 0.25) is 0 Å². The maximum absolute atomic E-state index is 5.36. The lowest BCUT2D eigenvalue weighted by Gasteiger charge is -2.14. The Hall–Kier alpha value is -1.28. The van der Waals surface area contributed by atoms with Crippen LogP contribution in [0, 0.1) is 0 Å². The summed E-state index contributed by atoms with van der Waals surface area (Å²) in [5.41, 5.74) is 9.58. The minimum Gasteiger partial charge on any atom is -0.324 e. The molecule has 0 rings (SSSR count). The van der Waals surface area contributed by atoms with Gasteiger partial charge in [-0.05, 0) is 63.8 Å². The molecule has 2 nitrogen and oxygen atoms in total. The second-order valence-electron chi connectivity index (χ2n) is 4.09. The number of hydrogen-bond donors (Lipinski definition) is 2. The maximum Gasteiger partial charge on any atom is 0.0445 e. The third-order valence-corrected chi connectivity index (χ3v) is 3.34. The Labute approximate surface area is 99.6 Å². The second-order valence-corrected chi connectivity index (χ2v) is 4.09. The Bertz CT molecular complexity index is 368. The van der Waals surface area contributed by atoms with Crippen molar-refractivity contribution in [3.8, 4) is 0 Å². The van der Waals surface area contributed by atoms with Crippen molar-refractivity contribution in [2.75, 3.05) is 0 Å². The van der Waals surface area contributed by atoms with Crippen LogP contribution in [0.1, 0.15) is 41.5 Å². The largest absolute Gasteiger partial charge is 0.324 e. The van der Waals surface area contributed by atoms with Crippen LogP contribution in [-0.4, -0.2) is 0 Å². The summed E-state index contributed by atoms with van der Waals surface area (Å²) in [6.45, 7) is 16.4. The summed E-state index contributed by atoms with van der Waals surface area (Å²) in [7, 11) is 0. The molecule has 0 aromatic heterocycles. The lowest BCUT2D eigenvalue weighted by Crippen LogP contribution is -2.21. The van der Waals surface area contributed by atoms with Gasteiger partial charge in [0.25, 0.3) is 0 Å². The van der Waals surface area contributed by atoms with E-state index in [1.807, 2.05) is 6.92 Å². The lowest BCUT2D eigenvalue weighted by molar-refractivity contribution is 0.894. The molecular weight excluding hydrogens is 196 g/mol. The van der Waals surface area contributed by atoms with Gasteiger partial charge in [0.05, 0.1) is 0 Å². The van der Waals surface area contributed by atoms with Gasteiger partial charge >= 0.3 is 0 Å². The number of hydrogen-bond acceptors (Lipinski definition) is 2. The van der Waals surface area contributed by atoms with Crippen LogP contribution in [0.4, 0.5) is 0 Å². The van der Waals surface area contributed by atoms with Crippen LogP contribution in [0.2, 0.25) is 0 Å². The third kappa shape index (κ3) is 3.38. The summed E-state index contributed by atoms with van der Waals surface area (Å²) in [6, 6.07) is 0. The molecule has 2 heteroatoms. The fraction of sp³-hybridized carbons (Fsp3) is 0.429. The smallest absolute Gasteiger partial charge is 0.0445 e. The molecule has 0 aromatic carbocycles. The molecule has 0 bridgehead atoms. The lowest BCUT2D eigenvalue weighted by atomic mass is 9.95. The highest BCUT2D eigenvalue weighted by molar-refractivity contribution is 5.46. The van der Waals surface area contributed by atoms with Crippen LogP contribution in [-0.2, 0) is 0 Å². The molecule has 0 spiro atoms. The molecule has 0 saturated heterocycles. The second kappa shape index (κ2) is 6.33. The monoisotopic (exact) mass is 220 g/mol. The van der Waals surface area contributed by atoms with Gasteiger partial charge in [-0.1, -0.05) is 18.2 Å². The van der Waals surface area contributed by atoms with Crippen molar-refractivity contribution in [2.45, 2.75) is 41.5 Å². The van der Waals surface area contributed by atoms with Crippen molar-refractivity contribution in [3.05, 3.63) is 46.2 Å². The van der Waals surface area contributed by atoms with Crippen molar-refractivity contribution in [2.24, 2.45) is 5.84 Å². The molecule has 16 heavy (non-hydrogen) atoms. The maximum atomic E-state index is 5.36. The summed E-state index contributed by atoms with van der Waals surface area (Å²) in [5.74, 6) is 5.36. The van der Waals surface area contributed by atoms with Crippen LogP contribution in [0.15, 0.2) is 46.2 Å². The molecule has 0 aliphatic heterocycles. The van der Waals surface area contributed by atoms with Crippen LogP contribution in [0.5, 0.6) is 0 Å². The molecule has 0 aliphatic carbocycles. The van der Waals surface area contributed by atoms with Crippen LogP contribution in [0.3, 0.4) is 0 Å². The Morgan fingerprint density at radius 2 is 1.38 bits per heavy atom. The first-order chi connectivity index (χ1) is 7.36. The van der Waals surface area contributed by atoms with Crippen LogP contribution >= 0.6 is 0 Å². The fourth-order valence-corrected chi connectivity index (χ4v) is 1.41. The topological polar surface area (TPSA) is 38.0 Å². The zero-order valence-electron chi connectivity index (χ0n) is 11.4. The molecule has 0 saturated carbocycles. The Balaban J connectivity index is 5.44. The summed E-state index contributed by atoms with van der Waals surface area (Å²) in [4.78, 5) is 0. The quantitative estimate of drug-likeness (QED) is 0.431. The zero-order chi connectivity index (χ0) is 12.9. The van der Waals surface area contributed by atoms with E-state index < -0.39 is 0 Å². The van der Waals surface area contributed by atoms with Crippen molar-refractivity contribution < 1.29 is 0 Å². The first-order valence-electron chi connectivity index (χ1n) is 5.51. The molecule has 0 aliphatic rings. The molecule has 0 atom stereocenters. The van der Waals surface area contributed by atoms with Gasteiger partial charge in [-0.15, -0.1) is 0 Å². The predicted octanol–water partition coefficient (Wildman–Crippen LogP) is 3.60. The van der Waals surface area contributed by atoms with Crippen molar-refractivity contribution >= 4 is 0 Å². The van der Waals surface area contributed by atoms with Crippen molar-refractivity contribution in [1.82, 2.24) is 5.43 Å². The van der Waals surface area contributed by atoms with Gasteiger partial charge in [-0.2, -0.15) is 0 Å². The zero-order valence-corrected chi connectivity index (χ0v) is 11.4. The molecular formula is C14H24N2. The Kier molecular flexibility index (Phi) is 5.83. The minimum atomic E-state index is 0.766.